The molecule has 4 aromatic carbocycles. The van der Waals surface area contributed by atoms with Crippen LogP contribution in [0.2, 0.25) is 0 Å². The molecule has 0 radical (unpaired) electrons. The molecule has 2 spiro atoms. The predicted molar refractivity (Wildman–Crippen MR) is 245 cm³/mol. The lowest BCUT2D eigenvalue weighted by Gasteiger charge is -2.44. The van der Waals surface area contributed by atoms with E-state index >= 15 is 0 Å². The van der Waals surface area contributed by atoms with E-state index in [2.05, 4.69) is 83.1 Å². The number of aromatic carboxylic acids is 1. The second-order valence-electron chi connectivity index (χ2n) is 15.3. The highest BCUT2D eigenvalue weighted by atomic mass is 79.9. The number of carboxylic acid groups (broad SMARTS) is 1. The van der Waals surface area contributed by atoms with Crippen LogP contribution in [0.1, 0.15) is 59.0 Å². The molecule has 4 aliphatic rings. The van der Waals surface area contributed by atoms with Gasteiger partial charge in [0.05, 0.1) is 61.2 Å². The zero-order valence-corrected chi connectivity index (χ0v) is 38.5. The van der Waals surface area contributed by atoms with E-state index in [9.17, 15) is 14.0 Å². The number of carbonyl (C=O) groups is 2. The number of methoxy groups -OCH3 is 2. The number of hydrogen-bond donors (Lipinski definition) is 2. The first-order valence-corrected chi connectivity index (χ1v) is 21.8. The zero-order valence-electron chi connectivity index (χ0n) is 36.4. The molecule has 0 atom stereocenters. The number of aromatic nitrogens is 4. The molecule has 6 aromatic rings. The SMILES string of the molecule is COc1cc(C(=O)N2CCC3(CC2)Oc2ccccc2-c2c3cnn2C)ccc1Br.COc1cc(C(=O)O)ccc1Br.Cn1cnc2c1-c1ccccc1OC21CCNCC1.[2H]CF. The second-order valence-corrected chi connectivity index (χ2v) is 17.0. The van der Waals surface area contributed by atoms with Crippen LogP contribution in [0.4, 0.5) is 4.39 Å². The van der Waals surface area contributed by atoms with Crippen molar-refractivity contribution in [2.45, 2.75) is 36.9 Å². The monoisotopic (exact) mass is 987 g/mol. The topological polar surface area (TPSA) is 142 Å². The van der Waals surface area contributed by atoms with Crippen LogP contribution in [0.5, 0.6) is 23.0 Å². The minimum atomic E-state index is -1.00. The van der Waals surface area contributed by atoms with Crippen LogP contribution < -0.4 is 24.3 Å². The van der Waals surface area contributed by atoms with Crippen molar-refractivity contribution in [3.63, 3.8) is 0 Å². The number of ether oxygens (including phenoxy) is 4. The molecular weight excluding hydrogens is 939 g/mol. The fourth-order valence-corrected chi connectivity index (χ4v) is 9.40. The lowest BCUT2D eigenvalue weighted by molar-refractivity contribution is -0.00174. The van der Waals surface area contributed by atoms with Crippen LogP contribution in [0.3, 0.4) is 0 Å². The van der Waals surface area contributed by atoms with Gasteiger partial charge in [0, 0.05) is 75.1 Å². The fraction of sp³-hybridized carbons (Fsp3) is 0.319. The summed E-state index contributed by atoms with van der Waals surface area (Å²) in [6.45, 7) is 3.21. The molecule has 0 saturated carbocycles. The first-order chi connectivity index (χ1) is 30.9. The molecule has 63 heavy (non-hydrogen) atoms. The summed E-state index contributed by atoms with van der Waals surface area (Å²) in [6, 6.07) is 26.4. The molecule has 0 aliphatic carbocycles. The Morgan fingerprint density at radius 2 is 1.35 bits per heavy atom. The minimum absolute atomic E-state index is 0.0123. The van der Waals surface area contributed by atoms with Crippen LogP contribution in [-0.4, -0.2) is 88.8 Å². The van der Waals surface area contributed by atoms with Gasteiger partial charge in [-0.05, 0) is 106 Å². The molecule has 330 valence electrons. The Hall–Kier alpha value is -5.71. The first-order valence-electron chi connectivity index (χ1n) is 21.0. The summed E-state index contributed by atoms with van der Waals surface area (Å²) in [6.07, 6.45) is 7.22. The Labute approximate surface area is 383 Å². The number of carboxylic acids is 1. The summed E-state index contributed by atoms with van der Waals surface area (Å²) in [5.74, 6) is 2.10. The number of para-hydroxylation sites is 2. The molecule has 2 saturated heterocycles. The number of piperidine rings is 2. The number of imidazole rings is 1. The number of benzene rings is 4. The van der Waals surface area contributed by atoms with E-state index in [1.807, 2.05) is 65.6 Å². The third kappa shape index (κ3) is 8.93. The Balaban J connectivity index is 0.000000153. The standard InChI is InChI=1S/C23H22BrN3O3.C15H17N3O.C8H7BrO3.CH3F/c1-26-21-16-5-3-4-6-19(16)30-23(17(21)14-25-26)9-11-27(12-10-23)22(28)15-7-8-18(24)20(13-15)29-2;1-18-10-17-14-13(18)11-4-2-3-5-12(11)19-15(14)6-8-16-9-7-15;1-12-7-4-5(8(10)11)2-3-6(7)9;1-2/h3-8,13-14H,9-12H2,1-2H3;2-5,10,16H,6-9H2,1H3;2-4H,1H3,(H,10,11);1H3/i;;;1D. The average Bonchev–Trinajstić information content (AvgIpc) is 3.91. The largest absolute Gasteiger partial charge is 0.496 e. The highest BCUT2D eigenvalue weighted by molar-refractivity contribution is 9.11. The van der Waals surface area contributed by atoms with Gasteiger partial charge in [0.1, 0.15) is 34.3 Å². The maximum atomic E-state index is 13.1. The summed E-state index contributed by atoms with van der Waals surface area (Å²) in [7, 11) is 6.12. The molecule has 13 nitrogen and oxygen atoms in total. The second kappa shape index (κ2) is 19.4. The number of alkyl halides is 1. The number of likely N-dealkylation sites (tertiary alicyclic amines) is 1. The Bertz CT molecular complexity index is 2630. The first kappa shape index (κ1) is 43.9. The Morgan fingerprint density at radius 3 is 1.94 bits per heavy atom. The number of rotatable bonds is 4. The molecular formula is C47H49Br2FN6O7. The zero-order chi connectivity index (χ0) is 45.6. The highest BCUT2D eigenvalue weighted by Gasteiger charge is 2.46. The van der Waals surface area contributed by atoms with Crippen LogP contribution in [0.25, 0.3) is 22.5 Å². The summed E-state index contributed by atoms with van der Waals surface area (Å²) >= 11 is 6.66. The molecule has 2 aromatic heterocycles. The number of fused-ring (bicyclic) bond motifs is 8. The van der Waals surface area contributed by atoms with Crippen molar-refractivity contribution in [1.82, 2.24) is 29.5 Å². The van der Waals surface area contributed by atoms with Crippen molar-refractivity contribution in [3.05, 3.63) is 129 Å². The number of halogens is 3. The molecule has 16 heteroatoms. The van der Waals surface area contributed by atoms with E-state index in [0.29, 0.717) is 30.2 Å². The molecule has 2 N–H and O–H groups in total. The quantitative estimate of drug-likeness (QED) is 0.176. The van der Waals surface area contributed by atoms with E-state index < -0.39 is 18.7 Å². The van der Waals surface area contributed by atoms with E-state index in [0.717, 1.165) is 87.3 Å². The summed E-state index contributed by atoms with van der Waals surface area (Å²) in [5, 5.41) is 16.5. The Kier molecular flexibility index (Phi) is 13.5. The number of amides is 1. The van der Waals surface area contributed by atoms with Crippen molar-refractivity contribution >= 4 is 43.7 Å². The maximum Gasteiger partial charge on any atom is 0.335 e. The van der Waals surface area contributed by atoms with Crippen LogP contribution in [-0.2, 0) is 25.3 Å². The van der Waals surface area contributed by atoms with Crippen molar-refractivity contribution in [3.8, 4) is 45.5 Å². The van der Waals surface area contributed by atoms with Gasteiger partial charge in [0.2, 0.25) is 0 Å². The molecule has 0 bridgehead atoms. The van der Waals surface area contributed by atoms with E-state index in [1.54, 1.807) is 19.2 Å². The van der Waals surface area contributed by atoms with Gasteiger partial charge in [0.25, 0.3) is 5.91 Å². The van der Waals surface area contributed by atoms with Gasteiger partial charge in [0.15, 0.2) is 5.60 Å². The van der Waals surface area contributed by atoms with E-state index in [4.69, 9.17) is 25.4 Å². The van der Waals surface area contributed by atoms with Gasteiger partial charge in [-0.3, -0.25) is 13.9 Å². The number of carbonyl (C=O) groups excluding carboxylic acids is 1. The third-order valence-corrected chi connectivity index (χ3v) is 13.1. The van der Waals surface area contributed by atoms with E-state index in [-0.39, 0.29) is 17.1 Å². The third-order valence-electron chi connectivity index (χ3n) is 11.8. The minimum Gasteiger partial charge on any atom is -0.496 e. The molecule has 6 heterocycles. The van der Waals surface area contributed by atoms with Gasteiger partial charge in [-0.2, -0.15) is 5.10 Å². The van der Waals surface area contributed by atoms with Gasteiger partial charge < -0.3 is 38.8 Å². The van der Waals surface area contributed by atoms with Gasteiger partial charge in [-0.15, -0.1) is 0 Å². The molecule has 2 fully saturated rings. The molecule has 4 aliphatic heterocycles. The summed E-state index contributed by atoms with van der Waals surface area (Å²) in [4.78, 5) is 30.1. The van der Waals surface area contributed by atoms with Crippen molar-refractivity contribution in [2.24, 2.45) is 14.1 Å². The molecule has 0 unspecified atom stereocenters. The fourth-order valence-electron chi connectivity index (χ4n) is 8.58. The van der Waals surface area contributed by atoms with Crippen LogP contribution >= 0.6 is 31.9 Å². The van der Waals surface area contributed by atoms with Crippen molar-refractivity contribution in [1.29, 1.82) is 0 Å². The number of hydrogen-bond acceptors (Lipinski definition) is 9. The number of aryl methyl sites for hydroxylation is 2. The summed E-state index contributed by atoms with van der Waals surface area (Å²) < 4.78 is 44.3. The maximum absolute atomic E-state index is 13.1. The highest BCUT2D eigenvalue weighted by Crippen LogP contribution is 2.50. The average molecular weight is 990 g/mol. The lowest BCUT2D eigenvalue weighted by Crippen LogP contribution is -2.49. The van der Waals surface area contributed by atoms with Gasteiger partial charge in [-0.25, -0.2) is 9.78 Å². The van der Waals surface area contributed by atoms with Crippen LogP contribution in [0.15, 0.2) is 106 Å². The lowest BCUT2D eigenvalue weighted by atomic mass is 9.81. The van der Waals surface area contributed by atoms with Crippen LogP contribution in [0, 0.1) is 0 Å². The van der Waals surface area contributed by atoms with E-state index in [1.165, 1.54) is 24.9 Å². The smallest absolute Gasteiger partial charge is 0.335 e. The van der Waals surface area contributed by atoms with Crippen molar-refractivity contribution in [2.75, 3.05) is 47.6 Å². The normalized spacial score (nSPS) is 15.9. The van der Waals surface area contributed by atoms with Gasteiger partial charge in [-0.1, -0.05) is 24.3 Å². The molecule has 1 amide bonds. The van der Waals surface area contributed by atoms with Gasteiger partial charge >= 0.3 is 5.97 Å². The van der Waals surface area contributed by atoms with Crippen molar-refractivity contribution < 1.29 is 39.4 Å². The Morgan fingerprint density at radius 1 is 0.810 bits per heavy atom. The predicted octanol–water partition coefficient (Wildman–Crippen LogP) is 9.18. The molecule has 10 rings (SSSR count). The number of nitrogens with zero attached hydrogens (tertiary/aromatic N) is 5. The summed E-state index contributed by atoms with van der Waals surface area (Å²) in [5.41, 5.74) is 6.91. The number of nitrogens with one attached hydrogen (secondary N) is 1.